The first-order valence-electron chi connectivity index (χ1n) is 3.97. The molecule has 0 aromatic heterocycles. The van der Waals surface area contributed by atoms with Crippen molar-refractivity contribution < 1.29 is 36.6 Å². The zero-order valence-electron chi connectivity index (χ0n) is 7.49. The Balaban J connectivity index is 4.93. The van der Waals surface area contributed by atoms with Crippen LogP contribution in [0.3, 0.4) is 0 Å². The lowest BCUT2D eigenvalue weighted by atomic mass is 10.00. The van der Waals surface area contributed by atoms with Gasteiger partial charge < -0.3 is 10.2 Å². The van der Waals surface area contributed by atoms with Crippen LogP contribution in [-0.4, -0.2) is 41.2 Å². The van der Waals surface area contributed by atoms with Gasteiger partial charge in [-0.2, -0.15) is 26.3 Å². The summed E-state index contributed by atoms with van der Waals surface area (Å²) in [4.78, 5) is 0. The summed E-state index contributed by atoms with van der Waals surface area (Å²) in [5, 5.41) is 16.1. The molecule has 8 heteroatoms. The van der Waals surface area contributed by atoms with Gasteiger partial charge in [-0.1, -0.05) is 0 Å². The molecule has 0 saturated heterocycles. The molecule has 0 radical (unpaired) electrons. The van der Waals surface area contributed by atoms with Crippen molar-refractivity contribution in [3.63, 3.8) is 0 Å². The Bertz CT molecular complexity index is 186. The highest BCUT2D eigenvalue weighted by atomic mass is 19.3. The predicted molar refractivity (Wildman–Crippen MR) is 38.2 cm³/mol. The first kappa shape index (κ1) is 14.5. The molecule has 0 aliphatic carbocycles. The van der Waals surface area contributed by atoms with Gasteiger partial charge in [0, 0.05) is 26.1 Å². The van der Waals surface area contributed by atoms with E-state index in [1.54, 1.807) is 0 Å². The minimum Gasteiger partial charge on any atom is -0.396 e. The zero-order valence-corrected chi connectivity index (χ0v) is 7.49. The second-order valence-corrected chi connectivity index (χ2v) is 2.93. The smallest absolute Gasteiger partial charge is 0.372 e. The summed E-state index contributed by atoms with van der Waals surface area (Å²) in [5.41, 5.74) is 0. The molecule has 2 nitrogen and oxygen atoms in total. The van der Waals surface area contributed by atoms with Crippen LogP contribution in [0, 0.1) is 0 Å². The van der Waals surface area contributed by atoms with Crippen LogP contribution >= 0.6 is 0 Å². The third-order valence-electron chi connectivity index (χ3n) is 1.77. The molecule has 0 rings (SSSR count). The van der Waals surface area contributed by atoms with Crippen LogP contribution in [0.15, 0.2) is 0 Å². The minimum atomic E-state index is -5.59. The fourth-order valence-corrected chi connectivity index (χ4v) is 0.862. The molecule has 0 heterocycles. The SMILES string of the molecule is OCCC(F)(F)C(F)(F)C(F)(F)CCO. The van der Waals surface area contributed by atoms with Gasteiger partial charge in [-0.05, 0) is 0 Å². The number of rotatable bonds is 6. The largest absolute Gasteiger partial charge is 0.396 e. The lowest BCUT2D eigenvalue weighted by molar-refractivity contribution is -0.314. The summed E-state index contributed by atoms with van der Waals surface area (Å²) in [5.74, 6) is -15.6. The summed E-state index contributed by atoms with van der Waals surface area (Å²) in [7, 11) is 0. The third kappa shape index (κ3) is 2.75. The maximum absolute atomic E-state index is 12.6. The molecule has 15 heavy (non-hydrogen) atoms. The van der Waals surface area contributed by atoms with Crippen LogP contribution in [0.25, 0.3) is 0 Å². The van der Waals surface area contributed by atoms with Crippen LogP contribution in [0.4, 0.5) is 26.3 Å². The van der Waals surface area contributed by atoms with Crippen molar-refractivity contribution >= 4 is 0 Å². The molecule has 0 bridgehead atoms. The van der Waals surface area contributed by atoms with E-state index in [9.17, 15) is 26.3 Å². The van der Waals surface area contributed by atoms with Crippen LogP contribution in [0.5, 0.6) is 0 Å². The van der Waals surface area contributed by atoms with E-state index in [0.717, 1.165) is 0 Å². The van der Waals surface area contributed by atoms with E-state index < -0.39 is 43.8 Å². The topological polar surface area (TPSA) is 40.5 Å². The average Bonchev–Trinajstić information content (AvgIpc) is 2.03. The second kappa shape index (κ2) is 4.56. The monoisotopic (exact) mass is 240 g/mol. The third-order valence-corrected chi connectivity index (χ3v) is 1.77. The molecule has 0 fully saturated rings. The zero-order chi connectivity index (χ0) is 12.3. The second-order valence-electron chi connectivity index (χ2n) is 2.93. The van der Waals surface area contributed by atoms with E-state index in [-0.39, 0.29) is 0 Å². The van der Waals surface area contributed by atoms with Gasteiger partial charge in [0.15, 0.2) is 0 Å². The molecule has 0 aromatic rings. The summed E-state index contributed by atoms with van der Waals surface area (Å²) in [6, 6.07) is 0. The molecule has 0 atom stereocenters. The highest BCUT2D eigenvalue weighted by molar-refractivity contribution is 4.95. The molecule has 92 valence electrons. The van der Waals surface area contributed by atoms with Crippen molar-refractivity contribution in [3.05, 3.63) is 0 Å². The highest BCUT2D eigenvalue weighted by Crippen LogP contribution is 2.48. The van der Waals surface area contributed by atoms with Crippen molar-refractivity contribution in [2.24, 2.45) is 0 Å². The van der Waals surface area contributed by atoms with E-state index in [1.165, 1.54) is 0 Å². The summed E-state index contributed by atoms with van der Waals surface area (Å²) in [6.45, 7) is -2.67. The van der Waals surface area contributed by atoms with E-state index in [0.29, 0.717) is 0 Å². The molecule has 0 amide bonds. The number of aliphatic hydroxyl groups excluding tert-OH is 2. The number of halogens is 6. The van der Waals surface area contributed by atoms with Gasteiger partial charge in [0.2, 0.25) is 0 Å². The van der Waals surface area contributed by atoms with Gasteiger partial charge >= 0.3 is 17.8 Å². The maximum Gasteiger partial charge on any atom is 0.372 e. The lowest BCUT2D eigenvalue weighted by Gasteiger charge is -2.32. The quantitative estimate of drug-likeness (QED) is 0.693. The molecule has 0 unspecified atom stereocenters. The average molecular weight is 240 g/mol. The minimum absolute atomic E-state index is 1.34. The summed E-state index contributed by atoms with van der Waals surface area (Å²) >= 11 is 0. The Morgan fingerprint density at radius 2 is 0.933 bits per heavy atom. The van der Waals surface area contributed by atoms with Gasteiger partial charge in [0.1, 0.15) is 0 Å². The number of hydrogen-bond acceptors (Lipinski definition) is 2. The normalized spacial score (nSPS) is 14.4. The van der Waals surface area contributed by atoms with E-state index in [1.807, 2.05) is 0 Å². The van der Waals surface area contributed by atoms with Crippen LogP contribution in [-0.2, 0) is 0 Å². The standard InChI is InChI=1S/C7H10F6O2/c8-5(9,1-3-14)7(12,13)6(10,11)2-4-15/h14-15H,1-4H2. The summed E-state index contributed by atoms with van der Waals surface area (Å²) in [6.07, 6.45) is -3.53. The van der Waals surface area contributed by atoms with Crippen molar-refractivity contribution in [2.45, 2.75) is 30.6 Å². The molecular formula is C7H10F6O2. The fraction of sp³-hybridized carbons (Fsp3) is 1.00. The highest BCUT2D eigenvalue weighted by Gasteiger charge is 2.70. The molecule has 0 saturated carbocycles. The van der Waals surface area contributed by atoms with Gasteiger partial charge in [-0.25, -0.2) is 0 Å². The molecule has 0 aliphatic rings. The van der Waals surface area contributed by atoms with Crippen molar-refractivity contribution in [1.29, 1.82) is 0 Å². The van der Waals surface area contributed by atoms with Gasteiger partial charge in [0.05, 0.1) is 0 Å². The number of aliphatic hydroxyl groups is 2. The Morgan fingerprint density at radius 1 is 0.667 bits per heavy atom. The van der Waals surface area contributed by atoms with Crippen molar-refractivity contribution in [1.82, 2.24) is 0 Å². The first-order valence-corrected chi connectivity index (χ1v) is 3.97. The summed E-state index contributed by atoms with van der Waals surface area (Å²) < 4.78 is 75.5. The maximum atomic E-state index is 12.6. The van der Waals surface area contributed by atoms with Crippen LogP contribution in [0.2, 0.25) is 0 Å². The van der Waals surface area contributed by atoms with E-state index in [2.05, 4.69) is 0 Å². The molecule has 2 N–H and O–H groups in total. The number of hydrogen-bond donors (Lipinski definition) is 2. The molecular weight excluding hydrogens is 230 g/mol. The molecule has 0 aliphatic heterocycles. The Morgan fingerprint density at radius 3 is 1.13 bits per heavy atom. The lowest BCUT2D eigenvalue weighted by Crippen LogP contribution is -2.54. The Hall–Kier alpha value is -0.500. The predicted octanol–water partition coefficient (Wildman–Crippen LogP) is 1.66. The fourth-order valence-electron chi connectivity index (χ4n) is 0.862. The Kier molecular flexibility index (Phi) is 4.41. The number of alkyl halides is 6. The first-order chi connectivity index (χ1) is 6.62. The molecule has 0 spiro atoms. The van der Waals surface area contributed by atoms with Crippen LogP contribution in [0.1, 0.15) is 12.8 Å². The Labute approximate surface area is 81.5 Å². The van der Waals surface area contributed by atoms with Crippen molar-refractivity contribution in [2.75, 3.05) is 13.2 Å². The van der Waals surface area contributed by atoms with E-state index in [4.69, 9.17) is 10.2 Å². The van der Waals surface area contributed by atoms with Gasteiger partial charge in [0.25, 0.3) is 0 Å². The van der Waals surface area contributed by atoms with Crippen LogP contribution < -0.4 is 0 Å². The van der Waals surface area contributed by atoms with Gasteiger partial charge in [-0.3, -0.25) is 0 Å². The van der Waals surface area contributed by atoms with E-state index >= 15 is 0 Å². The van der Waals surface area contributed by atoms with Crippen molar-refractivity contribution in [3.8, 4) is 0 Å². The van der Waals surface area contributed by atoms with Gasteiger partial charge in [-0.15, -0.1) is 0 Å². The molecule has 0 aromatic carbocycles.